The Morgan fingerprint density at radius 1 is 1.16 bits per heavy atom. The molecule has 3 nitrogen and oxygen atoms in total. The van der Waals surface area contributed by atoms with Crippen molar-refractivity contribution in [1.82, 2.24) is 5.32 Å². The zero-order chi connectivity index (χ0) is 17.8. The number of rotatable bonds is 6. The van der Waals surface area contributed by atoms with E-state index in [1.54, 1.807) is 0 Å². The number of nitrogens with one attached hydrogen (secondary N) is 1. The van der Waals surface area contributed by atoms with Crippen molar-refractivity contribution in [3.63, 3.8) is 0 Å². The third-order valence-electron chi connectivity index (χ3n) is 5.01. The quantitative estimate of drug-likeness (QED) is 0.842. The fraction of sp³-hybridized carbons (Fsp3) is 0.409. The van der Waals surface area contributed by atoms with Crippen molar-refractivity contribution >= 4 is 5.91 Å². The summed E-state index contributed by atoms with van der Waals surface area (Å²) in [5.74, 6) is 0.716. The molecular weight excluding hydrogens is 310 g/mol. The van der Waals surface area contributed by atoms with Crippen LogP contribution in [0, 0.1) is 6.92 Å². The molecular formula is C22H27NO2. The van der Waals surface area contributed by atoms with E-state index in [0.29, 0.717) is 6.42 Å². The highest BCUT2D eigenvalue weighted by Crippen LogP contribution is 2.25. The minimum Gasteiger partial charge on any atom is -0.480 e. The van der Waals surface area contributed by atoms with Gasteiger partial charge < -0.3 is 10.1 Å². The van der Waals surface area contributed by atoms with E-state index in [4.69, 9.17) is 4.74 Å². The van der Waals surface area contributed by atoms with Crippen LogP contribution in [0.4, 0.5) is 0 Å². The van der Waals surface area contributed by atoms with Crippen LogP contribution in [0.15, 0.2) is 42.5 Å². The Morgan fingerprint density at radius 2 is 1.92 bits per heavy atom. The van der Waals surface area contributed by atoms with Gasteiger partial charge in [0.2, 0.25) is 0 Å². The molecule has 0 aromatic heterocycles. The number of carbonyl (C=O) groups excluding carboxylic acids is 1. The summed E-state index contributed by atoms with van der Waals surface area (Å²) in [6, 6.07) is 14.4. The molecule has 0 spiro atoms. The Labute approximate surface area is 150 Å². The van der Waals surface area contributed by atoms with Crippen LogP contribution in [0.5, 0.6) is 5.75 Å². The van der Waals surface area contributed by atoms with Gasteiger partial charge in [-0.1, -0.05) is 43.3 Å². The molecule has 0 heterocycles. The smallest absolute Gasteiger partial charge is 0.261 e. The van der Waals surface area contributed by atoms with Crippen LogP contribution in [0.2, 0.25) is 0 Å². The monoisotopic (exact) mass is 337 g/mol. The molecule has 1 aliphatic rings. The number of hydrogen-bond donors (Lipinski definition) is 1. The molecule has 1 aliphatic carbocycles. The first-order valence-electron chi connectivity index (χ1n) is 9.23. The van der Waals surface area contributed by atoms with Gasteiger partial charge in [0.25, 0.3) is 5.91 Å². The second kappa shape index (κ2) is 7.73. The first-order valence-corrected chi connectivity index (χ1v) is 9.23. The molecule has 1 amide bonds. The first-order chi connectivity index (χ1) is 12.1. The molecule has 3 rings (SSSR count). The molecule has 2 aromatic carbocycles. The van der Waals surface area contributed by atoms with Crippen LogP contribution >= 0.6 is 0 Å². The molecule has 2 atom stereocenters. The maximum atomic E-state index is 12.7. The summed E-state index contributed by atoms with van der Waals surface area (Å²) in [5.41, 5.74) is 5.10. The molecule has 0 fully saturated rings. The summed E-state index contributed by atoms with van der Waals surface area (Å²) < 4.78 is 5.95. The van der Waals surface area contributed by atoms with E-state index in [1.165, 1.54) is 29.5 Å². The minimum atomic E-state index is -0.474. The van der Waals surface area contributed by atoms with Crippen molar-refractivity contribution < 1.29 is 9.53 Å². The van der Waals surface area contributed by atoms with Gasteiger partial charge in [0.05, 0.1) is 6.04 Å². The standard InChI is InChI=1S/C22H27NO2/c1-4-20(25-21-11-6-5-8-15(21)2)22(24)23-16(3)18-13-12-17-9-7-10-19(17)14-18/h5-6,8,11-14,16,20H,4,7,9-10H2,1-3H3,(H,23,24)/t16-,20+/m1/s1. The van der Waals surface area contributed by atoms with E-state index >= 15 is 0 Å². The minimum absolute atomic E-state index is 0.0204. The zero-order valence-electron chi connectivity index (χ0n) is 15.3. The van der Waals surface area contributed by atoms with Gasteiger partial charge in [-0.2, -0.15) is 0 Å². The molecule has 0 radical (unpaired) electrons. The lowest BCUT2D eigenvalue weighted by Gasteiger charge is -2.22. The predicted octanol–water partition coefficient (Wildman–Crippen LogP) is 4.52. The molecule has 0 aliphatic heterocycles. The number of hydrogen-bond acceptors (Lipinski definition) is 2. The Morgan fingerprint density at radius 3 is 2.68 bits per heavy atom. The van der Waals surface area contributed by atoms with Crippen LogP contribution in [0.3, 0.4) is 0 Å². The van der Waals surface area contributed by atoms with Crippen LogP contribution in [-0.2, 0) is 17.6 Å². The van der Waals surface area contributed by atoms with Crippen molar-refractivity contribution in [1.29, 1.82) is 0 Å². The fourth-order valence-corrected chi connectivity index (χ4v) is 3.41. The molecule has 132 valence electrons. The van der Waals surface area contributed by atoms with E-state index in [-0.39, 0.29) is 11.9 Å². The second-order valence-electron chi connectivity index (χ2n) is 6.89. The van der Waals surface area contributed by atoms with Gasteiger partial charge in [-0.3, -0.25) is 4.79 Å². The van der Waals surface area contributed by atoms with E-state index in [9.17, 15) is 4.79 Å². The zero-order valence-corrected chi connectivity index (χ0v) is 15.3. The van der Waals surface area contributed by atoms with Gasteiger partial charge in [-0.15, -0.1) is 0 Å². The molecule has 25 heavy (non-hydrogen) atoms. The summed E-state index contributed by atoms with van der Waals surface area (Å²) in [7, 11) is 0. The first kappa shape index (κ1) is 17.5. The normalized spacial score (nSPS) is 15.3. The van der Waals surface area contributed by atoms with Gasteiger partial charge >= 0.3 is 0 Å². The molecule has 0 bridgehead atoms. The summed E-state index contributed by atoms with van der Waals surface area (Å²) in [6.45, 7) is 6.00. The maximum Gasteiger partial charge on any atom is 0.261 e. The SMILES string of the molecule is CC[C@H](Oc1ccccc1C)C(=O)N[C@H](C)c1ccc2c(c1)CCC2. The number of ether oxygens (including phenoxy) is 1. The molecule has 0 saturated carbocycles. The van der Waals surface area contributed by atoms with E-state index in [1.807, 2.05) is 45.0 Å². The Bertz CT molecular complexity index is 753. The van der Waals surface area contributed by atoms with Crippen LogP contribution in [0.25, 0.3) is 0 Å². The summed E-state index contributed by atoms with van der Waals surface area (Å²) >= 11 is 0. The van der Waals surface area contributed by atoms with Crippen molar-refractivity contribution in [2.75, 3.05) is 0 Å². The lowest BCUT2D eigenvalue weighted by molar-refractivity contribution is -0.128. The molecule has 1 N–H and O–H groups in total. The van der Waals surface area contributed by atoms with Crippen LogP contribution < -0.4 is 10.1 Å². The lowest BCUT2D eigenvalue weighted by atomic mass is 10.0. The van der Waals surface area contributed by atoms with Gasteiger partial charge in [0, 0.05) is 0 Å². The van der Waals surface area contributed by atoms with Gasteiger partial charge in [0.15, 0.2) is 6.10 Å². The number of carbonyl (C=O) groups is 1. The largest absolute Gasteiger partial charge is 0.480 e. The predicted molar refractivity (Wildman–Crippen MR) is 101 cm³/mol. The molecule has 2 aromatic rings. The van der Waals surface area contributed by atoms with Crippen molar-refractivity contribution in [3.8, 4) is 5.75 Å². The Hall–Kier alpha value is -2.29. The van der Waals surface area contributed by atoms with Gasteiger partial charge in [-0.05, 0) is 67.9 Å². The maximum absolute atomic E-state index is 12.7. The fourth-order valence-electron chi connectivity index (χ4n) is 3.41. The van der Waals surface area contributed by atoms with Crippen molar-refractivity contribution in [3.05, 3.63) is 64.7 Å². The highest BCUT2D eigenvalue weighted by Gasteiger charge is 2.22. The Kier molecular flexibility index (Phi) is 5.42. The van der Waals surface area contributed by atoms with Crippen LogP contribution in [-0.4, -0.2) is 12.0 Å². The molecule has 0 unspecified atom stereocenters. The topological polar surface area (TPSA) is 38.3 Å². The average molecular weight is 337 g/mol. The number of para-hydroxylation sites is 1. The van der Waals surface area contributed by atoms with E-state index in [2.05, 4.69) is 23.5 Å². The average Bonchev–Trinajstić information content (AvgIpc) is 3.08. The molecule has 0 saturated heterocycles. The number of fused-ring (bicyclic) bond motifs is 1. The highest BCUT2D eigenvalue weighted by molar-refractivity contribution is 5.81. The molecule has 3 heteroatoms. The van der Waals surface area contributed by atoms with Gasteiger partial charge in [-0.25, -0.2) is 0 Å². The second-order valence-corrected chi connectivity index (χ2v) is 6.89. The number of amides is 1. The summed E-state index contributed by atoms with van der Waals surface area (Å²) in [5, 5.41) is 3.11. The highest BCUT2D eigenvalue weighted by atomic mass is 16.5. The lowest BCUT2D eigenvalue weighted by Crippen LogP contribution is -2.39. The number of benzene rings is 2. The van der Waals surface area contributed by atoms with Crippen molar-refractivity contribution in [2.24, 2.45) is 0 Å². The summed E-state index contributed by atoms with van der Waals surface area (Å²) in [4.78, 5) is 12.7. The van der Waals surface area contributed by atoms with E-state index < -0.39 is 6.10 Å². The van der Waals surface area contributed by atoms with Gasteiger partial charge in [0.1, 0.15) is 5.75 Å². The third kappa shape index (κ3) is 4.04. The third-order valence-corrected chi connectivity index (χ3v) is 5.01. The van der Waals surface area contributed by atoms with Crippen molar-refractivity contribution in [2.45, 2.75) is 58.6 Å². The van der Waals surface area contributed by atoms with Crippen LogP contribution in [0.1, 0.15) is 55.0 Å². The van der Waals surface area contributed by atoms with E-state index in [0.717, 1.165) is 17.7 Å². The Balaban J connectivity index is 1.66. The summed E-state index contributed by atoms with van der Waals surface area (Å²) in [6.07, 6.45) is 3.73. The number of aryl methyl sites for hydroxylation is 3.